The fourth-order valence-corrected chi connectivity index (χ4v) is 4.65. The first-order valence-electron chi connectivity index (χ1n) is 12.4. The molecule has 0 radical (unpaired) electrons. The van der Waals surface area contributed by atoms with E-state index in [0.29, 0.717) is 44.8 Å². The Kier molecular flexibility index (Phi) is 8.01. The summed E-state index contributed by atoms with van der Waals surface area (Å²) in [7, 11) is 0. The lowest BCUT2D eigenvalue weighted by atomic mass is 9.98. The maximum atomic E-state index is 14.1. The van der Waals surface area contributed by atoms with Crippen molar-refractivity contribution >= 4 is 41.3 Å². The van der Waals surface area contributed by atoms with Crippen LogP contribution in [-0.4, -0.2) is 20.6 Å². The highest BCUT2D eigenvalue weighted by Gasteiger charge is 2.33. The second-order valence-corrected chi connectivity index (χ2v) is 10.1. The van der Waals surface area contributed by atoms with Gasteiger partial charge in [-0.1, -0.05) is 89.9 Å². The number of halogens is 5. The number of hydrogen-bond acceptors (Lipinski definition) is 2. The highest BCUT2D eigenvalue weighted by atomic mass is 35.5. The molecule has 1 N–H and O–H groups in total. The Morgan fingerprint density at radius 2 is 1.54 bits per heavy atom. The lowest BCUT2D eigenvalue weighted by molar-refractivity contribution is -0.137. The molecule has 0 saturated carbocycles. The van der Waals surface area contributed by atoms with Crippen LogP contribution in [0.1, 0.15) is 32.9 Å². The number of aromatic carboxylic acids is 1. The number of aromatic nitrogens is 2. The molecule has 1 aromatic heterocycles. The predicted molar refractivity (Wildman–Crippen MR) is 156 cm³/mol. The molecule has 1 heterocycles. The van der Waals surface area contributed by atoms with Gasteiger partial charge in [0.05, 0.1) is 26.9 Å². The van der Waals surface area contributed by atoms with Gasteiger partial charge in [0.15, 0.2) is 0 Å². The molecule has 0 spiro atoms. The second kappa shape index (κ2) is 11.6. The van der Waals surface area contributed by atoms with Crippen molar-refractivity contribution in [2.75, 3.05) is 0 Å². The molecule has 4 nitrogen and oxygen atoms in total. The Morgan fingerprint density at radius 3 is 2.20 bits per heavy atom. The van der Waals surface area contributed by atoms with Crippen molar-refractivity contribution in [3.63, 3.8) is 0 Å². The summed E-state index contributed by atoms with van der Waals surface area (Å²) in [4.78, 5) is 15.9. The molecule has 0 aliphatic heterocycles. The minimum atomic E-state index is -4.57. The number of imidazole rings is 1. The van der Waals surface area contributed by atoms with Crippen LogP contribution >= 0.6 is 23.2 Å². The molecule has 5 aromatic rings. The molecule has 41 heavy (non-hydrogen) atoms. The first-order chi connectivity index (χ1) is 19.6. The van der Waals surface area contributed by atoms with E-state index in [-0.39, 0.29) is 11.1 Å². The zero-order valence-electron chi connectivity index (χ0n) is 21.2. The van der Waals surface area contributed by atoms with Gasteiger partial charge in [-0.15, -0.1) is 0 Å². The van der Waals surface area contributed by atoms with Gasteiger partial charge >= 0.3 is 12.1 Å². The number of nitrogens with zero attached hydrogens (tertiary/aromatic N) is 2. The molecule has 0 aliphatic rings. The van der Waals surface area contributed by atoms with E-state index in [0.717, 1.165) is 11.6 Å². The average Bonchev–Trinajstić information content (AvgIpc) is 3.36. The van der Waals surface area contributed by atoms with Gasteiger partial charge in [0.2, 0.25) is 0 Å². The van der Waals surface area contributed by atoms with Crippen LogP contribution in [-0.2, 0) is 12.7 Å². The molecule has 206 valence electrons. The standard InChI is InChI=1S/C32H21Cl2F3N2O2/c33-27-14-12-25(17-28(27)34)29-19-39(18-20-6-8-23(9-7-20)31(40)41)30(38-29)15-13-22-10-11-24(16-26(22)32(35,36)37)21-4-2-1-3-5-21/h1-17,19H,18H2,(H,40,41). The van der Waals surface area contributed by atoms with Gasteiger partial charge in [-0.05, 0) is 58.7 Å². The van der Waals surface area contributed by atoms with Crippen molar-refractivity contribution in [1.82, 2.24) is 9.55 Å². The number of carboxylic acid groups (broad SMARTS) is 1. The minimum absolute atomic E-state index is 0.00590. The van der Waals surface area contributed by atoms with Crippen LogP contribution < -0.4 is 0 Å². The van der Waals surface area contributed by atoms with Gasteiger partial charge in [0, 0.05) is 18.3 Å². The van der Waals surface area contributed by atoms with Crippen LogP contribution in [0.15, 0.2) is 97.2 Å². The minimum Gasteiger partial charge on any atom is -0.478 e. The summed E-state index contributed by atoms with van der Waals surface area (Å²) in [6.07, 6.45) is 0.104. The van der Waals surface area contributed by atoms with Crippen molar-refractivity contribution < 1.29 is 23.1 Å². The van der Waals surface area contributed by atoms with Crippen LogP contribution in [0, 0.1) is 0 Å². The van der Waals surface area contributed by atoms with Gasteiger partial charge in [0.25, 0.3) is 0 Å². The number of carbonyl (C=O) groups is 1. The topological polar surface area (TPSA) is 55.1 Å². The Labute approximate surface area is 243 Å². The predicted octanol–water partition coefficient (Wildman–Crippen LogP) is 9.46. The summed E-state index contributed by atoms with van der Waals surface area (Å²) in [5, 5.41) is 9.92. The Balaban J connectivity index is 1.55. The molecule has 4 aromatic carbocycles. The molecule has 0 saturated heterocycles. The SMILES string of the molecule is O=C(O)c1ccc(Cn2cc(-c3ccc(Cl)c(Cl)c3)nc2C=Cc2ccc(-c3ccccc3)cc2C(F)(F)F)cc1. The van der Waals surface area contributed by atoms with Crippen LogP contribution in [0.25, 0.3) is 34.5 Å². The van der Waals surface area contributed by atoms with Gasteiger partial charge in [-0.2, -0.15) is 13.2 Å². The Hall–Kier alpha value is -4.33. The number of benzene rings is 4. The lowest BCUT2D eigenvalue weighted by Gasteiger charge is -2.13. The fourth-order valence-electron chi connectivity index (χ4n) is 4.36. The van der Waals surface area contributed by atoms with Crippen LogP contribution in [0.4, 0.5) is 13.2 Å². The Morgan fingerprint density at radius 1 is 0.829 bits per heavy atom. The number of rotatable bonds is 7. The number of carboxylic acids is 1. The van der Waals surface area contributed by atoms with Gasteiger partial charge in [-0.25, -0.2) is 9.78 Å². The molecule has 9 heteroatoms. The van der Waals surface area contributed by atoms with E-state index in [1.54, 1.807) is 77.5 Å². The van der Waals surface area contributed by atoms with E-state index in [2.05, 4.69) is 4.98 Å². The summed E-state index contributed by atoms with van der Waals surface area (Å²) < 4.78 is 44.1. The lowest BCUT2D eigenvalue weighted by Crippen LogP contribution is -2.07. The van der Waals surface area contributed by atoms with Crippen LogP contribution in [0.3, 0.4) is 0 Å². The first-order valence-corrected chi connectivity index (χ1v) is 13.1. The van der Waals surface area contributed by atoms with Crippen molar-refractivity contribution in [2.24, 2.45) is 0 Å². The van der Waals surface area contributed by atoms with E-state index >= 15 is 0 Å². The number of alkyl halides is 3. The van der Waals surface area contributed by atoms with Crippen molar-refractivity contribution in [3.8, 4) is 22.4 Å². The molecule has 0 atom stereocenters. The third-order valence-corrected chi connectivity index (χ3v) is 7.19. The number of hydrogen-bond donors (Lipinski definition) is 1. The molecule has 0 unspecified atom stereocenters. The smallest absolute Gasteiger partial charge is 0.417 e. The quantitative estimate of drug-likeness (QED) is 0.205. The summed E-state index contributed by atoms with van der Waals surface area (Å²) >= 11 is 12.3. The highest BCUT2D eigenvalue weighted by molar-refractivity contribution is 6.42. The summed E-state index contributed by atoms with van der Waals surface area (Å²) in [6.45, 7) is 0.299. The first kappa shape index (κ1) is 28.2. The van der Waals surface area contributed by atoms with E-state index < -0.39 is 17.7 Å². The average molecular weight is 593 g/mol. The molecule has 0 aliphatic carbocycles. The van der Waals surface area contributed by atoms with Crippen molar-refractivity contribution in [2.45, 2.75) is 12.7 Å². The third-order valence-electron chi connectivity index (χ3n) is 6.45. The third kappa shape index (κ3) is 6.53. The maximum absolute atomic E-state index is 14.1. The highest BCUT2D eigenvalue weighted by Crippen LogP contribution is 2.36. The molecule has 5 rings (SSSR count). The zero-order valence-corrected chi connectivity index (χ0v) is 22.8. The molecule has 0 fully saturated rings. The van der Waals surface area contributed by atoms with Crippen LogP contribution in [0.5, 0.6) is 0 Å². The van der Waals surface area contributed by atoms with Gasteiger partial charge < -0.3 is 9.67 Å². The molecule has 0 amide bonds. The summed E-state index contributed by atoms with van der Waals surface area (Å²) in [5.74, 6) is -0.642. The van der Waals surface area contributed by atoms with E-state index in [4.69, 9.17) is 23.2 Å². The maximum Gasteiger partial charge on any atom is 0.417 e. The molecular weight excluding hydrogens is 572 g/mol. The van der Waals surface area contributed by atoms with Crippen molar-refractivity contribution in [1.29, 1.82) is 0 Å². The molecular formula is C32H21Cl2F3N2O2. The monoisotopic (exact) mass is 592 g/mol. The van der Waals surface area contributed by atoms with E-state index in [1.807, 2.05) is 0 Å². The van der Waals surface area contributed by atoms with Crippen LogP contribution in [0.2, 0.25) is 10.0 Å². The fraction of sp³-hybridized carbons (Fsp3) is 0.0625. The van der Waals surface area contributed by atoms with E-state index in [1.165, 1.54) is 30.4 Å². The van der Waals surface area contributed by atoms with Gasteiger partial charge in [0.1, 0.15) is 5.82 Å². The molecule has 0 bridgehead atoms. The van der Waals surface area contributed by atoms with E-state index in [9.17, 15) is 23.1 Å². The normalized spacial score (nSPS) is 11.7. The van der Waals surface area contributed by atoms with Gasteiger partial charge in [-0.3, -0.25) is 0 Å². The Bertz CT molecular complexity index is 1750. The van der Waals surface area contributed by atoms with Crippen molar-refractivity contribution in [3.05, 3.63) is 135 Å². The second-order valence-electron chi connectivity index (χ2n) is 9.24. The zero-order chi connectivity index (χ0) is 29.1. The largest absolute Gasteiger partial charge is 0.478 e. The summed E-state index contributed by atoms with van der Waals surface area (Å²) in [5.41, 5.74) is 2.53. The summed E-state index contributed by atoms with van der Waals surface area (Å²) in [6, 6.07) is 24.5.